The Balaban J connectivity index is 1.65. The van der Waals surface area contributed by atoms with Gasteiger partial charge < -0.3 is 5.32 Å². The molecule has 0 aliphatic carbocycles. The van der Waals surface area contributed by atoms with Crippen LogP contribution in [0.2, 0.25) is 5.02 Å². The van der Waals surface area contributed by atoms with Gasteiger partial charge in [0.1, 0.15) is 0 Å². The lowest BCUT2D eigenvalue weighted by Gasteiger charge is -2.10. The molecule has 0 radical (unpaired) electrons. The molecule has 3 aromatic rings. The molecule has 3 rings (SSSR count). The zero-order chi connectivity index (χ0) is 21.7. The van der Waals surface area contributed by atoms with Crippen molar-refractivity contribution in [3.8, 4) is 0 Å². The van der Waals surface area contributed by atoms with Crippen molar-refractivity contribution in [2.45, 2.75) is 18.7 Å². The molecule has 0 saturated carbocycles. The molecule has 0 saturated heterocycles. The number of amides is 1. The molecule has 0 bridgehead atoms. The summed E-state index contributed by atoms with van der Waals surface area (Å²) in [6, 6.07) is 18.7. The largest absolute Gasteiger partial charge is 0.323 e. The first-order valence-electron chi connectivity index (χ1n) is 9.18. The van der Waals surface area contributed by atoms with Crippen molar-refractivity contribution < 1.29 is 13.2 Å². The highest BCUT2D eigenvalue weighted by atomic mass is 35.5. The molecule has 1 amide bonds. The predicted octanol–water partition coefficient (Wildman–Crippen LogP) is 5.41. The van der Waals surface area contributed by atoms with E-state index in [2.05, 4.69) is 10.0 Å². The minimum atomic E-state index is -3.77. The molecule has 0 unspecified atom stereocenters. The molecule has 0 aliphatic rings. The zero-order valence-corrected chi connectivity index (χ0v) is 18.1. The average Bonchev–Trinajstić information content (AvgIpc) is 2.70. The van der Waals surface area contributed by atoms with E-state index in [9.17, 15) is 13.2 Å². The van der Waals surface area contributed by atoms with Crippen molar-refractivity contribution >= 4 is 45.0 Å². The highest BCUT2D eigenvalue weighted by Crippen LogP contribution is 2.23. The molecule has 3 aromatic carbocycles. The van der Waals surface area contributed by atoms with Crippen molar-refractivity contribution in [2.24, 2.45) is 0 Å². The zero-order valence-electron chi connectivity index (χ0n) is 16.5. The van der Waals surface area contributed by atoms with E-state index in [-0.39, 0.29) is 10.8 Å². The molecule has 0 atom stereocenters. The number of anilines is 2. The second kappa shape index (κ2) is 9.15. The van der Waals surface area contributed by atoms with Gasteiger partial charge in [-0.15, -0.1) is 0 Å². The summed E-state index contributed by atoms with van der Waals surface area (Å²) in [6.45, 7) is 3.83. The summed E-state index contributed by atoms with van der Waals surface area (Å²) in [5.74, 6) is -0.307. The summed E-state index contributed by atoms with van der Waals surface area (Å²) in [7, 11) is -3.77. The number of nitrogens with one attached hydrogen (secondary N) is 2. The van der Waals surface area contributed by atoms with Crippen LogP contribution in [-0.2, 0) is 14.8 Å². The Morgan fingerprint density at radius 1 is 0.900 bits per heavy atom. The molecule has 2 N–H and O–H groups in total. The van der Waals surface area contributed by atoms with Gasteiger partial charge in [0.05, 0.1) is 10.6 Å². The third-order valence-corrected chi connectivity index (χ3v) is 6.17. The van der Waals surface area contributed by atoms with Gasteiger partial charge in [0.2, 0.25) is 5.91 Å². The first kappa shape index (κ1) is 21.6. The maximum atomic E-state index is 12.6. The summed E-state index contributed by atoms with van der Waals surface area (Å²) in [6.07, 6.45) is 3.14. The van der Waals surface area contributed by atoms with Crippen LogP contribution >= 0.6 is 11.6 Å². The molecular weight excluding hydrogens is 420 g/mol. The van der Waals surface area contributed by atoms with Gasteiger partial charge in [0.25, 0.3) is 10.0 Å². The van der Waals surface area contributed by atoms with Gasteiger partial charge >= 0.3 is 0 Å². The second-order valence-corrected chi connectivity index (χ2v) is 8.92. The van der Waals surface area contributed by atoms with Crippen LogP contribution in [0.25, 0.3) is 6.08 Å². The molecule has 30 heavy (non-hydrogen) atoms. The first-order chi connectivity index (χ1) is 14.2. The fraction of sp³-hybridized carbons (Fsp3) is 0.0870. The highest BCUT2D eigenvalue weighted by molar-refractivity contribution is 7.92. The van der Waals surface area contributed by atoms with Crippen molar-refractivity contribution in [3.05, 3.63) is 94.5 Å². The highest BCUT2D eigenvalue weighted by Gasteiger charge is 2.14. The van der Waals surface area contributed by atoms with E-state index in [1.165, 1.54) is 30.3 Å². The van der Waals surface area contributed by atoms with Crippen LogP contribution in [0.1, 0.15) is 16.7 Å². The molecule has 0 aromatic heterocycles. The summed E-state index contributed by atoms with van der Waals surface area (Å²) >= 11 is 6.05. The molecule has 0 aliphatic heterocycles. The number of carbonyl (C=O) groups excluding carboxylic acids is 1. The summed E-state index contributed by atoms with van der Waals surface area (Å²) in [5, 5.41) is 3.19. The van der Waals surface area contributed by atoms with Gasteiger partial charge in [-0.2, -0.15) is 0 Å². The van der Waals surface area contributed by atoms with Crippen molar-refractivity contribution in [1.82, 2.24) is 0 Å². The summed E-state index contributed by atoms with van der Waals surface area (Å²) in [4.78, 5) is 12.2. The van der Waals surface area contributed by atoms with E-state index in [1.54, 1.807) is 24.3 Å². The predicted molar refractivity (Wildman–Crippen MR) is 122 cm³/mol. The molecule has 0 heterocycles. The molecule has 154 valence electrons. The van der Waals surface area contributed by atoms with Crippen LogP contribution in [0, 0.1) is 13.8 Å². The number of sulfonamides is 1. The van der Waals surface area contributed by atoms with Crippen molar-refractivity contribution in [1.29, 1.82) is 0 Å². The van der Waals surface area contributed by atoms with Gasteiger partial charge in [0.15, 0.2) is 0 Å². The number of aryl methyl sites for hydroxylation is 2. The normalized spacial score (nSPS) is 11.4. The lowest BCUT2D eigenvalue weighted by atomic mass is 10.1. The number of halogens is 1. The molecule has 7 heteroatoms. The quantitative estimate of drug-likeness (QED) is 0.503. The maximum absolute atomic E-state index is 12.6. The smallest absolute Gasteiger partial charge is 0.261 e. The van der Waals surface area contributed by atoms with E-state index in [0.29, 0.717) is 16.4 Å². The minimum Gasteiger partial charge on any atom is -0.323 e. The second-order valence-electron chi connectivity index (χ2n) is 6.83. The topological polar surface area (TPSA) is 75.3 Å². The van der Waals surface area contributed by atoms with Gasteiger partial charge in [-0.3, -0.25) is 9.52 Å². The molecule has 0 spiro atoms. The molecular formula is C23H21ClN2O3S. The Hall–Kier alpha value is -3.09. The first-order valence-corrected chi connectivity index (χ1v) is 11.0. The lowest BCUT2D eigenvalue weighted by Crippen LogP contribution is -2.13. The van der Waals surface area contributed by atoms with Crippen LogP contribution in [0.3, 0.4) is 0 Å². The standard InChI is InChI=1S/C23H21ClN2O3S/c1-16-3-6-18(7-4-16)8-14-23(27)25-19-10-12-21(13-11-19)30(28,29)26-20-9-5-17(2)22(24)15-20/h3-15,26H,1-2H3,(H,25,27)/b14-8+. The minimum absolute atomic E-state index is 0.0763. The van der Waals surface area contributed by atoms with Gasteiger partial charge in [-0.05, 0) is 67.4 Å². The Labute approximate surface area is 181 Å². The Morgan fingerprint density at radius 3 is 2.17 bits per heavy atom. The Kier molecular flexibility index (Phi) is 6.59. The summed E-state index contributed by atoms with van der Waals surface area (Å²) < 4.78 is 27.6. The fourth-order valence-electron chi connectivity index (χ4n) is 2.62. The van der Waals surface area contributed by atoms with E-state index in [1.807, 2.05) is 38.1 Å². The van der Waals surface area contributed by atoms with E-state index >= 15 is 0 Å². The Bertz CT molecular complexity index is 1190. The van der Waals surface area contributed by atoms with Crippen molar-refractivity contribution in [3.63, 3.8) is 0 Å². The average molecular weight is 441 g/mol. The number of hydrogen-bond acceptors (Lipinski definition) is 3. The van der Waals surface area contributed by atoms with Crippen LogP contribution < -0.4 is 10.0 Å². The molecule has 5 nitrogen and oxygen atoms in total. The monoisotopic (exact) mass is 440 g/mol. The summed E-state index contributed by atoms with van der Waals surface area (Å²) in [5.41, 5.74) is 3.79. The molecule has 0 fully saturated rings. The van der Waals surface area contributed by atoms with Crippen LogP contribution in [0.15, 0.2) is 77.7 Å². The maximum Gasteiger partial charge on any atom is 0.261 e. The van der Waals surface area contributed by atoms with E-state index < -0.39 is 10.0 Å². The van der Waals surface area contributed by atoms with Crippen LogP contribution in [0.4, 0.5) is 11.4 Å². The van der Waals surface area contributed by atoms with Gasteiger partial charge in [-0.1, -0.05) is 47.5 Å². The van der Waals surface area contributed by atoms with Gasteiger partial charge in [0, 0.05) is 16.8 Å². The van der Waals surface area contributed by atoms with E-state index in [0.717, 1.165) is 16.7 Å². The van der Waals surface area contributed by atoms with Crippen molar-refractivity contribution in [2.75, 3.05) is 10.0 Å². The number of rotatable bonds is 6. The third-order valence-electron chi connectivity index (χ3n) is 4.36. The SMILES string of the molecule is Cc1ccc(/C=C/C(=O)Nc2ccc(S(=O)(=O)Nc3ccc(C)c(Cl)c3)cc2)cc1. The van der Waals surface area contributed by atoms with Gasteiger partial charge in [-0.25, -0.2) is 8.42 Å². The van der Waals surface area contributed by atoms with Crippen LogP contribution in [-0.4, -0.2) is 14.3 Å². The lowest BCUT2D eigenvalue weighted by molar-refractivity contribution is -0.111. The van der Waals surface area contributed by atoms with Crippen LogP contribution in [0.5, 0.6) is 0 Å². The third kappa shape index (κ3) is 5.72. The number of carbonyl (C=O) groups is 1. The Morgan fingerprint density at radius 2 is 1.53 bits per heavy atom. The fourth-order valence-corrected chi connectivity index (χ4v) is 3.85. The number of benzene rings is 3. The number of hydrogen-bond donors (Lipinski definition) is 2. The van der Waals surface area contributed by atoms with E-state index in [4.69, 9.17) is 11.6 Å².